The van der Waals surface area contributed by atoms with Gasteiger partial charge in [0.25, 0.3) is 6.47 Å². The molecule has 0 heterocycles. The van der Waals surface area contributed by atoms with Crippen molar-refractivity contribution in [1.29, 1.82) is 0 Å². The summed E-state index contributed by atoms with van der Waals surface area (Å²) in [7, 11) is 0. The van der Waals surface area contributed by atoms with Gasteiger partial charge in [-0.2, -0.15) is 0 Å². The van der Waals surface area contributed by atoms with E-state index in [2.05, 4.69) is 13.2 Å². The molecule has 0 aliphatic heterocycles. The van der Waals surface area contributed by atoms with Crippen molar-refractivity contribution >= 4 is 6.47 Å². The van der Waals surface area contributed by atoms with Gasteiger partial charge in [-0.3, -0.25) is 4.79 Å². The van der Waals surface area contributed by atoms with Crippen molar-refractivity contribution in [2.45, 2.75) is 0 Å². The lowest BCUT2D eigenvalue weighted by Gasteiger charge is -2.09. The fourth-order valence-electron chi connectivity index (χ4n) is 1.15. The highest BCUT2D eigenvalue weighted by Crippen LogP contribution is 2.27. The van der Waals surface area contributed by atoms with Gasteiger partial charge in [0.1, 0.15) is 30.5 Å². The zero-order valence-electron chi connectivity index (χ0n) is 9.43. The minimum atomic E-state index is 0.351. The molecule has 17 heavy (non-hydrogen) atoms. The number of hydrogen-bond acceptors (Lipinski definition) is 4. The molecule has 0 aliphatic carbocycles. The standard InChI is InChI=1S/C13H14O4/c1-3-5-15-11-7-12(16-6-4-2)9-13(8-11)17-10-14/h3-4,7-10H,1-2,5-6H2. The fourth-order valence-corrected chi connectivity index (χ4v) is 1.15. The second-order valence-electron chi connectivity index (χ2n) is 3.05. The molecule has 0 saturated heterocycles. The average molecular weight is 234 g/mol. The number of carbonyl (C=O) groups excluding carboxylic acids is 1. The Morgan fingerprint density at radius 2 is 1.41 bits per heavy atom. The second-order valence-corrected chi connectivity index (χ2v) is 3.05. The first kappa shape index (κ1) is 12.8. The zero-order valence-corrected chi connectivity index (χ0v) is 9.43. The lowest BCUT2D eigenvalue weighted by Crippen LogP contribution is -1.98. The van der Waals surface area contributed by atoms with Gasteiger partial charge in [-0.25, -0.2) is 0 Å². The molecule has 0 amide bonds. The van der Waals surface area contributed by atoms with E-state index < -0.39 is 0 Å². The number of carbonyl (C=O) groups is 1. The molecule has 0 N–H and O–H groups in total. The van der Waals surface area contributed by atoms with Crippen LogP contribution in [0.3, 0.4) is 0 Å². The van der Waals surface area contributed by atoms with Crippen LogP contribution in [0.2, 0.25) is 0 Å². The maximum atomic E-state index is 10.3. The van der Waals surface area contributed by atoms with Crippen molar-refractivity contribution in [3.05, 3.63) is 43.5 Å². The molecule has 4 heteroatoms. The van der Waals surface area contributed by atoms with Crippen molar-refractivity contribution < 1.29 is 19.0 Å². The topological polar surface area (TPSA) is 44.8 Å². The van der Waals surface area contributed by atoms with Crippen LogP contribution in [0.1, 0.15) is 0 Å². The van der Waals surface area contributed by atoms with Crippen molar-refractivity contribution in [3.8, 4) is 17.2 Å². The molecule has 0 fully saturated rings. The summed E-state index contributed by atoms with van der Waals surface area (Å²) >= 11 is 0. The van der Waals surface area contributed by atoms with E-state index in [1.165, 1.54) is 0 Å². The summed E-state index contributed by atoms with van der Waals surface area (Å²) in [6.07, 6.45) is 3.25. The lowest BCUT2D eigenvalue weighted by molar-refractivity contribution is -0.120. The van der Waals surface area contributed by atoms with E-state index in [0.29, 0.717) is 36.9 Å². The minimum Gasteiger partial charge on any atom is -0.489 e. The van der Waals surface area contributed by atoms with Crippen molar-refractivity contribution in [3.63, 3.8) is 0 Å². The molecule has 0 aromatic heterocycles. The minimum absolute atomic E-state index is 0.351. The Labute approximate surface area is 100 Å². The second kappa shape index (κ2) is 7.11. The Kier molecular flexibility index (Phi) is 5.37. The molecule has 1 aromatic rings. The van der Waals surface area contributed by atoms with E-state index in [9.17, 15) is 4.79 Å². The Morgan fingerprint density at radius 3 is 1.82 bits per heavy atom. The molecule has 0 unspecified atom stereocenters. The largest absolute Gasteiger partial charge is 0.489 e. The van der Waals surface area contributed by atoms with Crippen LogP contribution in [0.25, 0.3) is 0 Å². The van der Waals surface area contributed by atoms with Gasteiger partial charge in [0.05, 0.1) is 0 Å². The molecular weight excluding hydrogens is 220 g/mol. The summed E-state index contributed by atoms with van der Waals surface area (Å²) in [6, 6.07) is 4.89. The molecule has 0 aliphatic rings. The smallest absolute Gasteiger partial charge is 0.298 e. The van der Waals surface area contributed by atoms with Gasteiger partial charge in [0.15, 0.2) is 0 Å². The maximum absolute atomic E-state index is 10.3. The van der Waals surface area contributed by atoms with E-state index in [-0.39, 0.29) is 0 Å². The summed E-state index contributed by atoms with van der Waals surface area (Å²) in [4.78, 5) is 10.3. The van der Waals surface area contributed by atoms with Gasteiger partial charge in [-0.1, -0.05) is 25.3 Å². The van der Waals surface area contributed by atoms with Crippen LogP contribution in [0, 0.1) is 0 Å². The highest BCUT2D eigenvalue weighted by molar-refractivity contribution is 5.50. The maximum Gasteiger partial charge on any atom is 0.298 e. The Hall–Kier alpha value is -2.23. The highest BCUT2D eigenvalue weighted by Gasteiger charge is 2.03. The summed E-state index contributed by atoms with van der Waals surface area (Å²) in [5, 5.41) is 0. The van der Waals surface area contributed by atoms with E-state index in [0.717, 1.165) is 0 Å². The van der Waals surface area contributed by atoms with Crippen LogP contribution in [-0.4, -0.2) is 19.7 Å². The molecule has 1 rings (SSSR count). The summed E-state index contributed by atoms with van der Waals surface area (Å²) in [5.74, 6) is 1.45. The Bertz CT molecular complexity index is 368. The van der Waals surface area contributed by atoms with Crippen molar-refractivity contribution in [2.75, 3.05) is 13.2 Å². The van der Waals surface area contributed by atoms with E-state index in [1.807, 2.05) is 0 Å². The Morgan fingerprint density at radius 1 is 0.941 bits per heavy atom. The van der Waals surface area contributed by atoms with Crippen molar-refractivity contribution in [2.24, 2.45) is 0 Å². The van der Waals surface area contributed by atoms with Crippen LogP contribution in [0.4, 0.5) is 0 Å². The van der Waals surface area contributed by atoms with Gasteiger partial charge in [-0.05, 0) is 0 Å². The van der Waals surface area contributed by atoms with Gasteiger partial charge in [0.2, 0.25) is 0 Å². The number of rotatable bonds is 8. The first-order valence-electron chi connectivity index (χ1n) is 5.03. The summed E-state index contributed by atoms with van der Waals surface area (Å²) in [6.45, 7) is 8.18. The SMILES string of the molecule is C=CCOc1cc(OC=O)cc(OCC=C)c1. The predicted molar refractivity (Wildman–Crippen MR) is 64.5 cm³/mol. The Balaban J connectivity index is 2.86. The molecule has 4 nitrogen and oxygen atoms in total. The van der Waals surface area contributed by atoms with Crippen molar-refractivity contribution in [1.82, 2.24) is 0 Å². The van der Waals surface area contributed by atoms with Gasteiger partial charge >= 0.3 is 0 Å². The summed E-state index contributed by atoms with van der Waals surface area (Å²) in [5.41, 5.74) is 0. The first-order chi connectivity index (χ1) is 8.30. The molecule has 0 atom stereocenters. The molecule has 0 radical (unpaired) electrons. The highest BCUT2D eigenvalue weighted by atomic mass is 16.5. The van der Waals surface area contributed by atoms with E-state index >= 15 is 0 Å². The van der Waals surface area contributed by atoms with Crippen LogP contribution in [-0.2, 0) is 4.79 Å². The quantitative estimate of drug-likeness (QED) is 0.511. The number of ether oxygens (including phenoxy) is 3. The predicted octanol–water partition coefficient (Wildman–Crippen LogP) is 2.35. The van der Waals surface area contributed by atoms with Crippen LogP contribution < -0.4 is 14.2 Å². The van der Waals surface area contributed by atoms with Crippen LogP contribution in [0.5, 0.6) is 17.2 Å². The molecule has 0 bridgehead atoms. The lowest BCUT2D eigenvalue weighted by atomic mass is 10.3. The van der Waals surface area contributed by atoms with Crippen LogP contribution >= 0.6 is 0 Å². The molecule has 0 spiro atoms. The molecule has 90 valence electrons. The van der Waals surface area contributed by atoms with Crippen LogP contribution in [0.15, 0.2) is 43.5 Å². The first-order valence-corrected chi connectivity index (χ1v) is 5.03. The third-order valence-corrected chi connectivity index (χ3v) is 1.77. The third-order valence-electron chi connectivity index (χ3n) is 1.77. The normalized spacial score (nSPS) is 9.18. The molecular formula is C13H14O4. The van der Waals surface area contributed by atoms with E-state index in [4.69, 9.17) is 14.2 Å². The van der Waals surface area contributed by atoms with Gasteiger partial charge in [-0.15, -0.1) is 0 Å². The zero-order chi connectivity index (χ0) is 12.5. The number of benzene rings is 1. The van der Waals surface area contributed by atoms with Gasteiger partial charge in [0, 0.05) is 18.2 Å². The third kappa shape index (κ3) is 4.42. The monoisotopic (exact) mass is 234 g/mol. The van der Waals surface area contributed by atoms with Gasteiger partial charge < -0.3 is 14.2 Å². The molecule has 0 saturated carbocycles. The fraction of sp³-hybridized carbons (Fsp3) is 0.154. The summed E-state index contributed by atoms with van der Waals surface area (Å²) < 4.78 is 15.4. The number of hydrogen-bond donors (Lipinski definition) is 0. The van der Waals surface area contributed by atoms with E-state index in [1.54, 1.807) is 30.4 Å². The molecule has 1 aromatic carbocycles. The average Bonchev–Trinajstić information content (AvgIpc) is 2.34.